The fraction of sp³-hybridized carbons (Fsp3) is 0.182. The number of carbonyl (C=O) groups excluding carboxylic acids is 1. The molecular formula is C22H21N3O2. The summed E-state index contributed by atoms with van der Waals surface area (Å²) >= 11 is 0. The maximum absolute atomic E-state index is 12.6. The minimum Gasteiger partial charge on any atom is -0.491 e. The van der Waals surface area contributed by atoms with Gasteiger partial charge in [-0.3, -0.25) is 4.79 Å². The number of ether oxygens (including phenoxy) is 1. The summed E-state index contributed by atoms with van der Waals surface area (Å²) in [6.07, 6.45) is 2.38. The summed E-state index contributed by atoms with van der Waals surface area (Å²) in [5.41, 5.74) is 2.70. The summed E-state index contributed by atoms with van der Waals surface area (Å²) in [6, 6.07) is 21.5. The Morgan fingerprint density at radius 3 is 2.63 bits per heavy atom. The molecule has 1 aliphatic heterocycles. The minimum absolute atomic E-state index is 0.0425. The lowest BCUT2D eigenvalue weighted by atomic mass is 10.0. The van der Waals surface area contributed by atoms with E-state index in [1.807, 2.05) is 72.6 Å². The second-order valence-corrected chi connectivity index (χ2v) is 6.59. The summed E-state index contributed by atoms with van der Waals surface area (Å²) in [6.45, 7) is 0.477. The number of nitrogens with zero attached hydrogens (tertiary/aromatic N) is 2. The van der Waals surface area contributed by atoms with Gasteiger partial charge in [0.15, 0.2) is 0 Å². The Labute approximate surface area is 158 Å². The smallest absolute Gasteiger partial charge is 0.253 e. The third-order valence-corrected chi connectivity index (χ3v) is 4.71. The predicted octanol–water partition coefficient (Wildman–Crippen LogP) is 3.58. The van der Waals surface area contributed by atoms with Crippen molar-refractivity contribution in [2.24, 2.45) is 0 Å². The third-order valence-electron chi connectivity index (χ3n) is 4.71. The molecule has 136 valence electrons. The van der Waals surface area contributed by atoms with Crippen LogP contribution in [0.3, 0.4) is 0 Å². The Hall–Kier alpha value is -3.34. The summed E-state index contributed by atoms with van der Waals surface area (Å²) in [4.78, 5) is 19.0. The van der Waals surface area contributed by atoms with Crippen molar-refractivity contribution in [2.75, 3.05) is 18.6 Å². The van der Waals surface area contributed by atoms with Crippen molar-refractivity contribution >= 4 is 17.4 Å². The van der Waals surface area contributed by atoms with Crippen LogP contribution in [-0.2, 0) is 6.42 Å². The Balaban J connectivity index is 1.41. The van der Waals surface area contributed by atoms with E-state index in [1.54, 1.807) is 12.3 Å². The SMILES string of the molecule is CN(c1ccccc1)c1ccc(C(=O)N[C@@H]2COc3ccccc3C2)cn1. The molecule has 2 aromatic carbocycles. The Bertz CT molecular complexity index is 926. The average Bonchev–Trinajstić information content (AvgIpc) is 2.74. The first-order valence-electron chi connectivity index (χ1n) is 8.97. The Morgan fingerprint density at radius 1 is 1.07 bits per heavy atom. The summed E-state index contributed by atoms with van der Waals surface area (Å²) in [5, 5.41) is 3.04. The number of para-hydroxylation sites is 2. The number of carbonyl (C=O) groups is 1. The first kappa shape index (κ1) is 17.1. The van der Waals surface area contributed by atoms with Crippen molar-refractivity contribution in [2.45, 2.75) is 12.5 Å². The van der Waals surface area contributed by atoms with E-state index < -0.39 is 0 Å². The van der Waals surface area contributed by atoms with Gasteiger partial charge in [-0.25, -0.2) is 4.98 Å². The lowest BCUT2D eigenvalue weighted by molar-refractivity contribution is 0.0915. The molecule has 1 atom stereocenters. The fourth-order valence-corrected chi connectivity index (χ4v) is 3.19. The lowest BCUT2D eigenvalue weighted by Crippen LogP contribution is -2.42. The molecule has 1 N–H and O–H groups in total. The molecule has 0 spiro atoms. The van der Waals surface area contributed by atoms with Crippen molar-refractivity contribution < 1.29 is 9.53 Å². The van der Waals surface area contributed by atoms with E-state index in [1.165, 1.54) is 0 Å². The molecule has 5 nitrogen and oxygen atoms in total. The van der Waals surface area contributed by atoms with Crippen LogP contribution in [0.4, 0.5) is 11.5 Å². The Kier molecular flexibility index (Phi) is 4.75. The first-order chi connectivity index (χ1) is 13.2. The quantitative estimate of drug-likeness (QED) is 0.774. The molecule has 5 heteroatoms. The molecule has 2 heterocycles. The van der Waals surface area contributed by atoms with Gasteiger partial charge in [0.2, 0.25) is 0 Å². The molecule has 0 aliphatic carbocycles. The molecule has 0 fully saturated rings. The zero-order valence-electron chi connectivity index (χ0n) is 15.1. The molecule has 27 heavy (non-hydrogen) atoms. The van der Waals surface area contributed by atoms with Crippen LogP contribution in [0.1, 0.15) is 15.9 Å². The van der Waals surface area contributed by atoms with E-state index in [9.17, 15) is 4.79 Å². The number of fused-ring (bicyclic) bond motifs is 1. The normalized spacial score (nSPS) is 15.4. The van der Waals surface area contributed by atoms with Gasteiger partial charge in [-0.15, -0.1) is 0 Å². The second-order valence-electron chi connectivity index (χ2n) is 6.59. The van der Waals surface area contributed by atoms with Crippen LogP contribution in [0.2, 0.25) is 0 Å². The van der Waals surface area contributed by atoms with Gasteiger partial charge in [-0.2, -0.15) is 0 Å². The topological polar surface area (TPSA) is 54.5 Å². The van der Waals surface area contributed by atoms with E-state index in [2.05, 4.69) is 10.3 Å². The van der Waals surface area contributed by atoms with Crippen LogP contribution in [0.5, 0.6) is 5.75 Å². The van der Waals surface area contributed by atoms with Crippen molar-refractivity contribution in [3.8, 4) is 5.75 Å². The van der Waals surface area contributed by atoms with Crippen molar-refractivity contribution in [3.63, 3.8) is 0 Å². The number of amides is 1. The Morgan fingerprint density at radius 2 is 1.85 bits per heavy atom. The van der Waals surface area contributed by atoms with Crippen LogP contribution >= 0.6 is 0 Å². The minimum atomic E-state index is -0.135. The molecule has 0 saturated heterocycles. The highest BCUT2D eigenvalue weighted by molar-refractivity contribution is 5.94. The average molecular weight is 359 g/mol. The number of nitrogens with one attached hydrogen (secondary N) is 1. The number of benzene rings is 2. The number of hydrogen-bond donors (Lipinski definition) is 1. The number of pyridine rings is 1. The number of rotatable bonds is 4. The van der Waals surface area contributed by atoms with E-state index in [0.717, 1.165) is 29.2 Å². The van der Waals surface area contributed by atoms with E-state index in [0.29, 0.717) is 12.2 Å². The van der Waals surface area contributed by atoms with Gasteiger partial charge in [-0.1, -0.05) is 36.4 Å². The van der Waals surface area contributed by atoms with Crippen LogP contribution in [0.25, 0.3) is 0 Å². The van der Waals surface area contributed by atoms with Crippen molar-refractivity contribution in [1.82, 2.24) is 10.3 Å². The second kappa shape index (κ2) is 7.50. The number of aromatic nitrogens is 1. The highest BCUT2D eigenvalue weighted by atomic mass is 16.5. The van der Waals surface area contributed by atoms with Gasteiger partial charge >= 0.3 is 0 Å². The van der Waals surface area contributed by atoms with E-state index in [-0.39, 0.29) is 11.9 Å². The van der Waals surface area contributed by atoms with E-state index in [4.69, 9.17) is 4.74 Å². The monoisotopic (exact) mass is 359 g/mol. The van der Waals surface area contributed by atoms with Gasteiger partial charge in [0.25, 0.3) is 5.91 Å². The lowest BCUT2D eigenvalue weighted by Gasteiger charge is -2.26. The van der Waals surface area contributed by atoms with E-state index >= 15 is 0 Å². The molecule has 1 aliphatic rings. The molecule has 0 bridgehead atoms. The largest absolute Gasteiger partial charge is 0.491 e. The number of hydrogen-bond acceptors (Lipinski definition) is 4. The van der Waals surface area contributed by atoms with Crippen LogP contribution in [0, 0.1) is 0 Å². The molecule has 4 rings (SSSR count). The van der Waals surface area contributed by atoms with Crippen LogP contribution < -0.4 is 15.0 Å². The summed E-state index contributed by atoms with van der Waals surface area (Å²) in [7, 11) is 1.95. The molecule has 0 saturated carbocycles. The van der Waals surface area contributed by atoms with Gasteiger partial charge < -0.3 is 15.0 Å². The third kappa shape index (κ3) is 3.77. The van der Waals surface area contributed by atoms with Crippen molar-refractivity contribution in [3.05, 3.63) is 84.1 Å². The molecule has 3 aromatic rings. The molecule has 0 radical (unpaired) electrons. The molecule has 1 amide bonds. The predicted molar refractivity (Wildman–Crippen MR) is 106 cm³/mol. The zero-order valence-corrected chi connectivity index (χ0v) is 15.1. The molecule has 0 unspecified atom stereocenters. The highest BCUT2D eigenvalue weighted by Crippen LogP contribution is 2.24. The highest BCUT2D eigenvalue weighted by Gasteiger charge is 2.21. The van der Waals surface area contributed by atoms with Crippen molar-refractivity contribution in [1.29, 1.82) is 0 Å². The van der Waals surface area contributed by atoms with Gasteiger partial charge in [0.05, 0.1) is 11.6 Å². The number of anilines is 2. The van der Waals surface area contributed by atoms with Gasteiger partial charge in [0, 0.05) is 18.9 Å². The zero-order chi connectivity index (χ0) is 18.6. The van der Waals surface area contributed by atoms with Crippen LogP contribution in [0.15, 0.2) is 72.9 Å². The van der Waals surface area contributed by atoms with Gasteiger partial charge in [0.1, 0.15) is 18.2 Å². The standard InChI is InChI=1S/C22H21N3O2/c1-25(19-8-3-2-4-9-19)21-12-11-17(14-23-21)22(26)24-18-13-16-7-5-6-10-20(16)27-15-18/h2-12,14,18H,13,15H2,1H3,(H,24,26)/t18-/m0/s1. The maximum Gasteiger partial charge on any atom is 0.253 e. The molecular weight excluding hydrogens is 338 g/mol. The fourth-order valence-electron chi connectivity index (χ4n) is 3.19. The summed E-state index contributed by atoms with van der Waals surface area (Å²) in [5.74, 6) is 1.55. The maximum atomic E-state index is 12.6. The molecule has 1 aromatic heterocycles. The summed E-state index contributed by atoms with van der Waals surface area (Å²) < 4.78 is 5.74. The van der Waals surface area contributed by atoms with Crippen LogP contribution in [-0.4, -0.2) is 30.6 Å². The first-order valence-corrected chi connectivity index (χ1v) is 8.97. The van der Waals surface area contributed by atoms with Gasteiger partial charge in [-0.05, 0) is 42.3 Å².